The van der Waals surface area contributed by atoms with Gasteiger partial charge in [-0.25, -0.2) is 12.8 Å². The van der Waals surface area contributed by atoms with Gasteiger partial charge in [-0.3, -0.25) is 4.72 Å². The highest BCUT2D eigenvalue weighted by molar-refractivity contribution is 7.92. The fraction of sp³-hybridized carbons (Fsp3) is 0.143. The first-order valence-corrected chi connectivity index (χ1v) is 7.99. The summed E-state index contributed by atoms with van der Waals surface area (Å²) in [5, 5.41) is -0.0723. The number of hydrogen-bond donors (Lipinski definition) is 2. The first-order chi connectivity index (χ1) is 9.79. The van der Waals surface area contributed by atoms with Gasteiger partial charge in [0.25, 0.3) is 10.0 Å². The van der Waals surface area contributed by atoms with E-state index >= 15 is 0 Å². The van der Waals surface area contributed by atoms with Crippen LogP contribution in [0.3, 0.4) is 0 Å². The van der Waals surface area contributed by atoms with Crippen molar-refractivity contribution in [2.75, 3.05) is 4.72 Å². The van der Waals surface area contributed by atoms with Gasteiger partial charge in [-0.05, 0) is 42.8 Å². The van der Waals surface area contributed by atoms with Crippen LogP contribution in [0.15, 0.2) is 47.4 Å². The SMILES string of the molecule is CC(N)c1cccc(S(=O)(=O)Nc2ccc(Cl)c(F)c2)c1. The van der Waals surface area contributed by atoms with Crippen LogP contribution in [0.4, 0.5) is 10.1 Å². The maximum atomic E-state index is 13.3. The minimum atomic E-state index is -3.81. The van der Waals surface area contributed by atoms with Crippen LogP contribution >= 0.6 is 11.6 Å². The molecule has 0 heterocycles. The predicted octanol–water partition coefficient (Wildman–Crippen LogP) is 3.30. The van der Waals surface area contributed by atoms with Crippen LogP contribution in [-0.4, -0.2) is 8.42 Å². The van der Waals surface area contributed by atoms with Gasteiger partial charge in [-0.2, -0.15) is 0 Å². The Bertz CT molecular complexity index is 763. The molecule has 2 rings (SSSR count). The summed E-state index contributed by atoms with van der Waals surface area (Å²) in [4.78, 5) is 0.0626. The fourth-order valence-corrected chi connectivity index (χ4v) is 2.96. The number of rotatable bonds is 4. The quantitative estimate of drug-likeness (QED) is 0.904. The topological polar surface area (TPSA) is 72.2 Å². The largest absolute Gasteiger partial charge is 0.324 e. The monoisotopic (exact) mass is 328 g/mol. The Morgan fingerprint density at radius 1 is 1.24 bits per heavy atom. The summed E-state index contributed by atoms with van der Waals surface area (Å²) in [6.07, 6.45) is 0. The smallest absolute Gasteiger partial charge is 0.261 e. The summed E-state index contributed by atoms with van der Waals surface area (Å²) >= 11 is 5.56. The van der Waals surface area contributed by atoms with E-state index in [1.54, 1.807) is 19.1 Å². The number of halogens is 2. The second-order valence-corrected chi connectivity index (χ2v) is 6.69. The molecular formula is C14H14ClFN2O2S. The molecule has 2 aromatic rings. The van der Waals surface area contributed by atoms with E-state index in [9.17, 15) is 12.8 Å². The van der Waals surface area contributed by atoms with Crippen molar-refractivity contribution in [3.8, 4) is 0 Å². The van der Waals surface area contributed by atoms with Gasteiger partial charge in [0.15, 0.2) is 0 Å². The molecule has 21 heavy (non-hydrogen) atoms. The Morgan fingerprint density at radius 3 is 2.57 bits per heavy atom. The van der Waals surface area contributed by atoms with Crippen molar-refractivity contribution in [2.45, 2.75) is 17.9 Å². The number of nitrogens with two attached hydrogens (primary N) is 1. The molecule has 2 aromatic carbocycles. The number of hydrogen-bond acceptors (Lipinski definition) is 3. The highest BCUT2D eigenvalue weighted by Gasteiger charge is 2.16. The Kier molecular flexibility index (Phi) is 4.51. The van der Waals surface area contributed by atoms with E-state index in [1.165, 1.54) is 24.3 Å². The van der Waals surface area contributed by atoms with Gasteiger partial charge >= 0.3 is 0 Å². The molecule has 7 heteroatoms. The molecule has 0 saturated carbocycles. The molecule has 0 bridgehead atoms. The zero-order valence-electron chi connectivity index (χ0n) is 11.2. The minimum Gasteiger partial charge on any atom is -0.324 e. The molecule has 0 saturated heterocycles. The number of anilines is 1. The van der Waals surface area contributed by atoms with Crippen molar-refractivity contribution in [1.29, 1.82) is 0 Å². The highest BCUT2D eigenvalue weighted by Crippen LogP contribution is 2.22. The normalized spacial score (nSPS) is 13.0. The Balaban J connectivity index is 2.33. The second kappa shape index (κ2) is 6.01. The van der Waals surface area contributed by atoms with Gasteiger partial charge in [0.1, 0.15) is 5.82 Å². The molecule has 0 fully saturated rings. The lowest BCUT2D eigenvalue weighted by atomic mass is 10.1. The Labute approximate surface area is 127 Å². The molecule has 0 aromatic heterocycles. The molecule has 0 radical (unpaired) electrons. The third-order valence-corrected chi connectivity index (χ3v) is 4.55. The number of benzene rings is 2. The van der Waals surface area contributed by atoms with Crippen LogP contribution in [-0.2, 0) is 10.0 Å². The van der Waals surface area contributed by atoms with Crippen molar-refractivity contribution in [3.63, 3.8) is 0 Å². The van der Waals surface area contributed by atoms with Crippen LogP contribution < -0.4 is 10.5 Å². The zero-order valence-corrected chi connectivity index (χ0v) is 12.7. The van der Waals surface area contributed by atoms with Gasteiger partial charge in [0, 0.05) is 6.04 Å². The van der Waals surface area contributed by atoms with Gasteiger partial charge in [0.2, 0.25) is 0 Å². The number of sulfonamides is 1. The summed E-state index contributed by atoms with van der Waals surface area (Å²) in [6, 6.07) is 9.69. The standard InChI is InChI=1S/C14H14ClFN2O2S/c1-9(17)10-3-2-4-12(7-10)21(19,20)18-11-5-6-13(15)14(16)8-11/h2-9,18H,17H2,1H3. The molecule has 4 nitrogen and oxygen atoms in total. The van der Waals surface area contributed by atoms with Crippen LogP contribution in [0, 0.1) is 5.82 Å². The van der Waals surface area contributed by atoms with Crippen molar-refractivity contribution in [1.82, 2.24) is 0 Å². The molecule has 1 unspecified atom stereocenters. The molecule has 0 amide bonds. The van der Waals surface area contributed by atoms with Gasteiger partial charge in [0.05, 0.1) is 15.6 Å². The highest BCUT2D eigenvalue weighted by atomic mass is 35.5. The van der Waals surface area contributed by atoms with E-state index in [-0.39, 0.29) is 21.6 Å². The minimum absolute atomic E-state index is 0.0626. The van der Waals surface area contributed by atoms with Crippen LogP contribution in [0.5, 0.6) is 0 Å². The summed E-state index contributed by atoms with van der Waals surface area (Å²) in [6.45, 7) is 1.76. The average Bonchev–Trinajstić information content (AvgIpc) is 2.43. The maximum absolute atomic E-state index is 13.3. The van der Waals surface area contributed by atoms with E-state index in [0.717, 1.165) is 6.07 Å². The Morgan fingerprint density at radius 2 is 1.95 bits per heavy atom. The van der Waals surface area contributed by atoms with E-state index in [4.69, 9.17) is 17.3 Å². The number of nitrogens with one attached hydrogen (secondary N) is 1. The van der Waals surface area contributed by atoms with Crippen LogP contribution in [0.25, 0.3) is 0 Å². The first kappa shape index (κ1) is 15.8. The van der Waals surface area contributed by atoms with Gasteiger partial charge in [-0.1, -0.05) is 23.7 Å². The summed E-state index contributed by atoms with van der Waals surface area (Å²) in [7, 11) is -3.81. The molecule has 1 atom stereocenters. The molecule has 0 aliphatic heterocycles. The maximum Gasteiger partial charge on any atom is 0.261 e. The van der Waals surface area contributed by atoms with Gasteiger partial charge in [-0.15, -0.1) is 0 Å². The van der Waals surface area contributed by atoms with Crippen molar-refractivity contribution in [2.24, 2.45) is 5.73 Å². The van der Waals surface area contributed by atoms with E-state index in [0.29, 0.717) is 5.56 Å². The molecular weight excluding hydrogens is 315 g/mol. The lowest BCUT2D eigenvalue weighted by Gasteiger charge is -2.11. The van der Waals surface area contributed by atoms with E-state index in [2.05, 4.69) is 4.72 Å². The first-order valence-electron chi connectivity index (χ1n) is 6.13. The fourth-order valence-electron chi connectivity index (χ4n) is 1.74. The average molecular weight is 329 g/mol. The molecule has 0 aliphatic carbocycles. The van der Waals surface area contributed by atoms with E-state index in [1.807, 2.05) is 0 Å². The molecule has 3 N–H and O–H groups in total. The van der Waals surface area contributed by atoms with Crippen molar-refractivity contribution in [3.05, 3.63) is 58.9 Å². The summed E-state index contributed by atoms with van der Waals surface area (Å²) < 4.78 is 40.2. The summed E-state index contributed by atoms with van der Waals surface area (Å²) in [5.41, 5.74) is 6.53. The molecule has 0 aliphatic rings. The lowest BCUT2D eigenvalue weighted by molar-refractivity contribution is 0.600. The van der Waals surface area contributed by atoms with E-state index < -0.39 is 15.8 Å². The molecule has 0 spiro atoms. The lowest BCUT2D eigenvalue weighted by Crippen LogP contribution is -2.14. The zero-order chi connectivity index (χ0) is 15.6. The van der Waals surface area contributed by atoms with Crippen molar-refractivity contribution >= 4 is 27.3 Å². The summed E-state index contributed by atoms with van der Waals surface area (Å²) in [5.74, 6) is -0.693. The third-order valence-electron chi connectivity index (χ3n) is 2.87. The van der Waals surface area contributed by atoms with Crippen molar-refractivity contribution < 1.29 is 12.8 Å². The third kappa shape index (κ3) is 3.72. The predicted molar refractivity (Wildman–Crippen MR) is 81.3 cm³/mol. The molecule has 112 valence electrons. The Hall–Kier alpha value is -1.63. The van der Waals surface area contributed by atoms with Crippen LogP contribution in [0.2, 0.25) is 5.02 Å². The van der Waals surface area contributed by atoms with Gasteiger partial charge < -0.3 is 5.73 Å². The second-order valence-electron chi connectivity index (χ2n) is 4.60. The van der Waals surface area contributed by atoms with Crippen LogP contribution in [0.1, 0.15) is 18.5 Å².